The third kappa shape index (κ3) is 3.23. The number of rotatable bonds is 5. The molecule has 2 rings (SSSR count). The van der Waals surface area contributed by atoms with E-state index in [9.17, 15) is 4.79 Å². The smallest absolute Gasteiger partial charge is 0.189 e. The summed E-state index contributed by atoms with van der Waals surface area (Å²) < 4.78 is 10.3. The number of carbonyl (C=O) groups is 1. The molecule has 0 aliphatic rings. The number of hydrogen-bond acceptors (Lipinski definition) is 4. The third-order valence-electron chi connectivity index (χ3n) is 2.64. The maximum Gasteiger partial charge on any atom is 0.189 e. The Labute approximate surface area is 116 Å². The summed E-state index contributed by atoms with van der Waals surface area (Å²) in [5.41, 5.74) is 1.54. The Morgan fingerprint density at radius 3 is 2.68 bits per heavy atom. The van der Waals surface area contributed by atoms with E-state index in [4.69, 9.17) is 9.47 Å². The fourth-order valence-corrected chi connectivity index (χ4v) is 2.26. The molecule has 0 radical (unpaired) electrons. The summed E-state index contributed by atoms with van der Waals surface area (Å²) in [5, 5.41) is 3.95. The van der Waals surface area contributed by atoms with Gasteiger partial charge in [0.2, 0.25) is 0 Å². The van der Waals surface area contributed by atoms with Crippen molar-refractivity contribution in [3.05, 3.63) is 52.2 Å². The lowest BCUT2D eigenvalue weighted by Crippen LogP contribution is -1.99. The lowest BCUT2D eigenvalue weighted by molar-refractivity contribution is 0.104. The molecule has 1 aromatic carbocycles. The van der Waals surface area contributed by atoms with Gasteiger partial charge in [-0.05, 0) is 40.6 Å². The molecule has 0 bridgehead atoms. The number of benzene rings is 1. The minimum Gasteiger partial charge on any atom is -0.497 e. The van der Waals surface area contributed by atoms with Gasteiger partial charge in [-0.3, -0.25) is 4.79 Å². The summed E-state index contributed by atoms with van der Waals surface area (Å²) in [5.74, 6) is 1.08. The van der Waals surface area contributed by atoms with Gasteiger partial charge in [0.15, 0.2) is 5.78 Å². The van der Waals surface area contributed by atoms with Gasteiger partial charge in [0.25, 0.3) is 0 Å². The highest BCUT2D eigenvalue weighted by molar-refractivity contribution is 7.08. The SMILES string of the molecule is COc1ccc(C(=O)/C=C/c2ccsc2)c(OC)c1. The zero-order valence-electron chi connectivity index (χ0n) is 10.8. The number of ether oxygens (including phenoxy) is 2. The quantitative estimate of drug-likeness (QED) is 0.616. The average molecular weight is 274 g/mol. The number of thiophene rings is 1. The molecule has 0 saturated heterocycles. The van der Waals surface area contributed by atoms with Crippen LogP contribution in [0.5, 0.6) is 11.5 Å². The average Bonchev–Trinajstić information content (AvgIpc) is 2.97. The van der Waals surface area contributed by atoms with Gasteiger partial charge in [-0.15, -0.1) is 0 Å². The standard InChI is InChI=1S/C15H14O3S/c1-17-12-4-5-13(15(9-12)18-2)14(16)6-3-11-7-8-19-10-11/h3-10H,1-2H3/b6-3+. The van der Waals surface area contributed by atoms with Crippen LogP contribution in [0.1, 0.15) is 15.9 Å². The van der Waals surface area contributed by atoms with Gasteiger partial charge in [0.1, 0.15) is 11.5 Å². The molecular formula is C15H14O3S. The highest BCUT2D eigenvalue weighted by Crippen LogP contribution is 2.25. The van der Waals surface area contributed by atoms with Gasteiger partial charge >= 0.3 is 0 Å². The minimum atomic E-state index is -0.0919. The van der Waals surface area contributed by atoms with Crippen LogP contribution in [-0.4, -0.2) is 20.0 Å². The van der Waals surface area contributed by atoms with E-state index in [1.54, 1.807) is 48.8 Å². The van der Waals surface area contributed by atoms with Crippen molar-refractivity contribution in [1.29, 1.82) is 0 Å². The third-order valence-corrected chi connectivity index (χ3v) is 3.35. The summed E-state index contributed by atoms with van der Waals surface area (Å²) >= 11 is 1.60. The number of carbonyl (C=O) groups excluding carboxylic acids is 1. The molecular weight excluding hydrogens is 260 g/mol. The molecule has 0 spiro atoms. The molecule has 0 fully saturated rings. The van der Waals surface area contributed by atoms with E-state index < -0.39 is 0 Å². The molecule has 1 aromatic heterocycles. The number of allylic oxidation sites excluding steroid dienone is 1. The Balaban J connectivity index is 2.23. The Bertz CT molecular complexity index is 585. The van der Waals surface area contributed by atoms with Gasteiger partial charge in [0, 0.05) is 6.07 Å². The van der Waals surface area contributed by atoms with Gasteiger partial charge in [0.05, 0.1) is 19.8 Å². The number of hydrogen-bond donors (Lipinski definition) is 0. The van der Waals surface area contributed by atoms with E-state index in [1.807, 2.05) is 16.8 Å². The first-order valence-corrected chi connectivity index (χ1v) is 6.65. The fraction of sp³-hybridized carbons (Fsp3) is 0.133. The first-order chi connectivity index (χ1) is 9.24. The van der Waals surface area contributed by atoms with Crippen molar-refractivity contribution in [3.8, 4) is 11.5 Å². The number of ketones is 1. The van der Waals surface area contributed by atoms with Crippen LogP contribution in [0.15, 0.2) is 41.1 Å². The molecule has 0 aliphatic heterocycles. The Morgan fingerprint density at radius 2 is 2.05 bits per heavy atom. The Hall–Kier alpha value is -2.07. The second-order valence-electron chi connectivity index (χ2n) is 3.82. The monoisotopic (exact) mass is 274 g/mol. The minimum absolute atomic E-state index is 0.0919. The van der Waals surface area contributed by atoms with Crippen LogP contribution < -0.4 is 9.47 Å². The van der Waals surface area contributed by atoms with E-state index in [1.165, 1.54) is 7.11 Å². The van der Waals surface area contributed by atoms with Crippen LogP contribution >= 0.6 is 11.3 Å². The first kappa shape index (κ1) is 13.4. The molecule has 98 valence electrons. The zero-order valence-corrected chi connectivity index (χ0v) is 11.6. The molecule has 2 aromatic rings. The maximum absolute atomic E-state index is 12.1. The van der Waals surface area contributed by atoms with Crippen molar-refractivity contribution >= 4 is 23.2 Å². The van der Waals surface area contributed by atoms with Gasteiger partial charge in [-0.2, -0.15) is 11.3 Å². The van der Waals surface area contributed by atoms with Crippen LogP contribution in [0.2, 0.25) is 0 Å². The predicted octanol–water partition coefficient (Wildman–Crippen LogP) is 3.66. The molecule has 0 atom stereocenters. The topological polar surface area (TPSA) is 35.5 Å². The van der Waals surface area contributed by atoms with Crippen LogP contribution in [0.3, 0.4) is 0 Å². The molecule has 0 saturated carbocycles. The zero-order chi connectivity index (χ0) is 13.7. The summed E-state index contributed by atoms with van der Waals surface area (Å²) in [4.78, 5) is 12.1. The van der Waals surface area contributed by atoms with Crippen molar-refractivity contribution < 1.29 is 14.3 Å². The second-order valence-corrected chi connectivity index (χ2v) is 4.60. The van der Waals surface area contributed by atoms with Crippen LogP contribution in [0, 0.1) is 0 Å². The van der Waals surface area contributed by atoms with Crippen LogP contribution in [-0.2, 0) is 0 Å². The molecule has 0 unspecified atom stereocenters. The molecule has 0 N–H and O–H groups in total. The molecule has 19 heavy (non-hydrogen) atoms. The van der Waals surface area contributed by atoms with Crippen molar-refractivity contribution in [3.63, 3.8) is 0 Å². The Morgan fingerprint density at radius 1 is 1.21 bits per heavy atom. The van der Waals surface area contributed by atoms with Crippen LogP contribution in [0.4, 0.5) is 0 Å². The summed E-state index contributed by atoms with van der Waals surface area (Å²) in [6.07, 6.45) is 3.34. The van der Waals surface area contributed by atoms with Gasteiger partial charge in [-0.1, -0.05) is 6.08 Å². The van der Waals surface area contributed by atoms with Gasteiger partial charge < -0.3 is 9.47 Å². The van der Waals surface area contributed by atoms with E-state index in [0.717, 1.165) is 5.56 Å². The lowest BCUT2D eigenvalue weighted by Gasteiger charge is -2.07. The molecule has 4 heteroatoms. The van der Waals surface area contributed by atoms with Crippen molar-refractivity contribution in [2.24, 2.45) is 0 Å². The summed E-state index contributed by atoms with van der Waals surface area (Å²) in [6, 6.07) is 7.11. The van der Waals surface area contributed by atoms with E-state index >= 15 is 0 Å². The lowest BCUT2D eigenvalue weighted by atomic mass is 10.1. The van der Waals surface area contributed by atoms with E-state index in [0.29, 0.717) is 17.1 Å². The molecule has 1 heterocycles. The normalized spacial score (nSPS) is 10.6. The highest BCUT2D eigenvalue weighted by atomic mass is 32.1. The Kier molecular flexibility index (Phi) is 4.36. The maximum atomic E-state index is 12.1. The molecule has 0 amide bonds. The van der Waals surface area contributed by atoms with E-state index in [-0.39, 0.29) is 5.78 Å². The summed E-state index contributed by atoms with van der Waals surface area (Å²) in [6.45, 7) is 0. The fourth-order valence-electron chi connectivity index (χ4n) is 1.63. The highest BCUT2D eigenvalue weighted by Gasteiger charge is 2.10. The molecule has 0 aliphatic carbocycles. The van der Waals surface area contributed by atoms with Crippen molar-refractivity contribution in [2.45, 2.75) is 0 Å². The second kappa shape index (κ2) is 6.20. The van der Waals surface area contributed by atoms with Crippen LogP contribution in [0.25, 0.3) is 6.08 Å². The molecule has 3 nitrogen and oxygen atoms in total. The summed E-state index contributed by atoms with van der Waals surface area (Å²) in [7, 11) is 3.11. The largest absolute Gasteiger partial charge is 0.497 e. The first-order valence-electron chi connectivity index (χ1n) is 5.71. The van der Waals surface area contributed by atoms with Gasteiger partial charge in [-0.25, -0.2) is 0 Å². The number of methoxy groups -OCH3 is 2. The van der Waals surface area contributed by atoms with Crippen molar-refractivity contribution in [1.82, 2.24) is 0 Å². The predicted molar refractivity (Wildman–Crippen MR) is 77.2 cm³/mol. The van der Waals surface area contributed by atoms with Crippen molar-refractivity contribution in [2.75, 3.05) is 14.2 Å². The van der Waals surface area contributed by atoms with E-state index in [2.05, 4.69) is 0 Å².